The first-order valence-electron chi connectivity index (χ1n) is 9.22. The Kier molecular flexibility index (Phi) is 6.67. The van der Waals surface area contributed by atoms with E-state index < -0.39 is 11.0 Å². The fourth-order valence-electron chi connectivity index (χ4n) is 3.23. The standard InChI is InChI=1S/C20H25N3O5/c1-27-19-6-2-4-16(12-19)22-10-8-21(9-11-22)14-18(24)15-28-20-7-3-5-17(13-20)23(25)26/h2-7,12-13,18,24H,8-11,14-15H2,1H3. The predicted molar refractivity (Wildman–Crippen MR) is 106 cm³/mol. The first kappa shape index (κ1) is 19.9. The molecule has 3 rings (SSSR count). The maximum atomic E-state index is 10.8. The highest BCUT2D eigenvalue weighted by molar-refractivity contribution is 5.51. The number of nitrogens with zero attached hydrogens (tertiary/aromatic N) is 3. The Bertz CT molecular complexity index is 793. The van der Waals surface area contributed by atoms with Gasteiger partial charge in [-0.2, -0.15) is 0 Å². The van der Waals surface area contributed by atoms with E-state index in [0.29, 0.717) is 12.3 Å². The molecule has 0 amide bonds. The highest BCUT2D eigenvalue weighted by atomic mass is 16.6. The van der Waals surface area contributed by atoms with Crippen molar-refractivity contribution < 1.29 is 19.5 Å². The third-order valence-electron chi connectivity index (χ3n) is 4.73. The van der Waals surface area contributed by atoms with Crippen molar-refractivity contribution in [3.63, 3.8) is 0 Å². The lowest BCUT2D eigenvalue weighted by Gasteiger charge is -2.37. The molecule has 150 valence electrons. The van der Waals surface area contributed by atoms with Crippen molar-refractivity contribution in [2.45, 2.75) is 6.10 Å². The van der Waals surface area contributed by atoms with Gasteiger partial charge in [0.2, 0.25) is 0 Å². The van der Waals surface area contributed by atoms with Gasteiger partial charge < -0.3 is 19.5 Å². The molecule has 1 aliphatic rings. The lowest BCUT2D eigenvalue weighted by atomic mass is 10.2. The van der Waals surface area contributed by atoms with Gasteiger partial charge in [-0.3, -0.25) is 15.0 Å². The van der Waals surface area contributed by atoms with Gasteiger partial charge >= 0.3 is 0 Å². The number of methoxy groups -OCH3 is 1. The van der Waals surface area contributed by atoms with Crippen molar-refractivity contribution >= 4 is 11.4 Å². The molecule has 28 heavy (non-hydrogen) atoms. The number of rotatable bonds is 8. The molecule has 8 heteroatoms. The van der Waals surface area contributed by atoms with E-state index in [1.165, 1.54) is 12.1 Å². The van der Waals surface area contributed by atoms with Crippen molar-refractivity contribution in [1.82, 2.24) is 4.90 Å². The Hall–Kier alpha value is -2.84. The molecule has 0 bridgehead atoms. The molecule has 8 nitrogen and oxygen atoms in total. The average Bonchev–Trinajstić information content (AvgIpc) is 2.73. The van der Waals surface area contributed by atoms with Crippen molar-refractivity contribution in [3.8, 4) is 11.5 Å². The van der Waals surface area contributed by atoms with Crippen LogP contribution in [0.5, 0.6) is 11.5 Å². The number of benzene rings is 2. The largest absolute Gasteiger partial charge is 0.497 e. The molecule has 1 fully saturated rings. The number of nitro benzene ring substituents is 1. The lowest BCUT2D eigenvalue weighted by Crippen LogP contribution is -2.49. The van der Waals surface area contributed by atoms with Crippen LogP contribution in [-0.4, -0.2) is 67.5 Å². The zero-order valence-electron chi connectivity index (χ0n) is 15.9. The number of aliphatic hydroxyl groups is 1. The van der Waals surface area contributed by atoms with E-state index >= 15 is 0 Å². The van der Waals surface area contributed by atoms with Gasteiger partial charge in [0, 0.05) is 50.5 Å². The first-order chi connectivity index (χ1) is 13.5. The van der Waals surface area contributed by atoms with Crippen LogP contribution in [0.4, 0.5) is 11.4 Å². The SMILES string of the molecule is COc1cccc(N2CCN(CC(O)COc3cccc([N+](=O)[O-])c3)CC2)c1. The normalized spacial score (nSPS) is 15.9. The van der Waals surface area contributed by atoms with E-state index in [2.05, 4.69) is 15.9 Å². The first-order valence-corrected chi connectivity index (χ1v) is 9.22. The third-order valence-corrected chi connectivity index (χ3v) is 4.73. The Balaban J connectivity index is 1.44. The van der Waals surface area contributed by atoms with E-state index in [0.717, 1.165) is 37.6 Å². The monoisotopic (exact) mass is 387 g/mol. The number of β-amino-alcohol motifs (C(OH)–C–C–N with tert-alkyl or cyclic N) is 1. The number of hydrogen-bond acceptors (Lipinski definition) is 7. The third kappa shape index (κ3) is 5.34. The topological polar surface area (TPSA) is 88.3 Å². The molecule has 2 aromatic carbocycles. The van der Waals surface area contributed by atoms with Gasteiger partial charge in [0.15, 0.2) is 0 Å². The molecule has 1 atom stereocenters. The average molecular weight is 387 g/mol. The summed E-state index contributed by atoms with van der Waals surface area (Å²) in [4.78, 5) is 14.8. The molecule has 0 aliphatic carbocycles. The molecule has 1 saturated heterocycles. The minimum Gasteiger partial charge on any atom is -0.497 e. The van der Waals surface area contributed by atoms with Gasteiger partial charge in [0.25, 0.3) is 5.69 Å². The summed E-state index contributed by atoms with van der Waals surface area (Å²) in [5.41, 5.74) is 1.11. The number of nitro groups is 1. The van der Waals surface area contributed by atoms with Crippen LogP contribution in [0, 0.1) is 10.1 Å². The molecule has 0 aromatic heterocycles. The van der Waals surface area contributed by atoms with Crippen LogP contribution in [0.2, 0.25) is 0 Å². The second-order valence-corrected chi connectivity index (χ2v) is 6.71. The lowest BCUT2D eigenvalue weighted by molar-refractivity contribution is -0.384. The minimum absolute atomic E-state index is 0.0272. The highest BCUT2D eigenvalue weighted by Crippen LogP contribution is 2.22. The summed E-state index contributed by atoms with van der Waals surface area (Å²) >= 11 is 0. The second kappa shape index (κ2) is 9.38. The summed E-state index contributed by atoms with van der Waals surface area (Å²) in [5, 5.41) is 21.1. The summed E-state index contributed by atoms with van der Waals surface area (Å²) < 4.78 is 10.8. The number of ether oxygens (including phenoxy) is 2. The highest BCUT2D eigenvalue weighted by Gasteiger charge is 2.20. The predicted octanol–water partition coefficient (Wildman–Crippen LogP) is 2.17. The molecule has 0 spiro atoms. The summed E-state index contributed by atoms with van der Waals surface area (Å²) in [7, 11) is 1.66. The number of aliphatic hydroxyl groups excluding tert-OH is 1. The quantitative estimate of drug-likeness (QED) is 0.548. The van der Waals surface area contributed by atoms with E-state index in [-0.39, 0.29) is 12.3 Å². The van der Waals surface area contributed by atoms with Crippen LogP contribution in [-0.2, 0) is 0 Å². The van der Waals surface area contributed by atoms with E-state index in [9.17, 15) is 15.2 Å². The van der Waals surface area contributed by atoms with Gasteiger partial charge in [0.1, 0.15) is 24.2 Å². The summed E-state index contributed by atoms with van der Waals surface area (Å²) in [5.74, 6) is 1.23. The van der Waals surface area contributed by atoms with Crippen LogP contribution >= 0.6 is 0 Å². The second-order valence-electron chi connectivity index (χ2n) is 6.71. The Labute approximate surface area is 164 Å². The Morgan fingerprint density at radius 1 is 1.11 bits per heavy atom. The summed E-state index contributed by atoms with van der Waals surface area (Å²) in [6, 6.07) is 14.0. The number of piperazine rings is 1. The number of hydrogen-bond donors (Lipinski definition) is 1. The maximum Gasteiger partial charge on any atom is 0.273 e. The fraction of sp³-hybridized carbons (Fsp3) is 0.400. The zero-order valence-corrected chi connectivity index (χ0v) is 15.9. The van der Waals surface area contributed by atoms with Gasteiger partial charge in [-0.25, -0.2) is 0 Å². The maximum absolute atomic E-state index is 10.8. The fourth-order valence-corrected chi connectivity index (χ4v) is 3.23. The van der Waals surface area contributed by atoms with Gasteiger partial charge in [-0.15, -0.1) is 0 Å². The molecule has 0 radical (unpaired) electrons. The summed E-state index contributed by atoms with van der Waals surface area (Å²) in [6.07, 6.45) is -0.664. The minimum atomic E-state index is -0.664. The zero-order chi connectivity index (χ0) is 19.9. The van der Waals surface area contributed by atoms with Crippen molar-refractivity contribution in [3.05, 3.63) is 58.6 Å². The van der Waals surface area contributed by atoms with E-state index in [1.54, 1.807) is 19.2 Å². The smallest absolute Gasteiger partial charge is 0.273 e. The van der Waals surface area contributed by atoms with E-state index in [1.807, 2.05) is 18.2 Å². The molecule has 1 unspecified atom stereocenters. The van der Waals surface area contributed by atoms with Crippen LogP contribution < -0.4 is 14.4 Å². The van der Waals surface area contributed by atoms with Gasteiger partial charge in [0.05, 0.1) is 18.1 Å². The molecule has 0 saturated carbocycles. The van der Waals surface area contributed by atoms with Crippen LogP contribution in [0.15, 0.2) is 48.5 Å². The summed E-state index contributed by atoms with van der Waals surface area (Å²) in [6.45, 7) is 4.01. The molecule has 1 aliphatic heterocycles. The Morgan fingerprint density at radius 2 is 1.82 bits per heavy atom. The van der Waals surface area contributed by atoms with Crippen molar-refractivity contribution in [1.29, 1.82) is 0 Å². The van der Waals surface area contributed by atoms with Crippen molar-refractivity contribution in [2.75, 3.05) is 51.3 Å². The molecular weight excluding hydrogens is 362 g/mol. The molecule has 1 heterocycles. The molecular formula is C20H25N3O5. The van der Waals surface area contributed by atoms with Crippen molar-refractivity contribution in [2.24, 2.45) is 0 Å². The number of non-ortho nitro benzene ring substituents is 1. The van der Waals surface area contributed by atoms with Crippen LogP contribution in [0.3, 0.4) is 0 Å². The Morgan fingerprint density at radius 3 is 2.54 bits per heavy atom. The molecule has 1 N–H and O–H groups in total. The van der Waals surface area contributed by atoms with E-state index in [4.69, 9.17) is 9.47 Å². The van der Waals surface area contributed by atoms with Gasteiger partial charge in [-0.1, -0.05) is 12.1 Å². The van der Waals surface area contributed by atoms with Crippen LogP contribution in [0.1, 0.15) is 0 Å². The van der Waals surface area contributed by atoms with Crippen LogP contribution in [0.25, 0.3) is 0 Å². The molecule has 2 aromatic rings. The van der Waals surface area contributed by atoms with Gasteiger partial charge in [-0.05, 0) is 18.2 Å². The number of anilines is 1.